The normalized spacial score (nSPS) is 11.7. The Kier molecular flexibility index (Phi) is 9.69. The number of para-hydroxylation sites is 2. The highest BCUT2D eigenvalue weighted by Gasteiger charge is 2.31. The fraction of sp³-hybridized carbons (Fsp3) is 0.0909. The van der Waals surface area contributed by atoms with Crippen LogP contribution < -0.4 is 0 Å². The molecule has 4 heterocycles. The summed E-state index contributed by atoms with van der Waals surface area (Å²) in [5.41, 5.74) is 8.27. The zero-order valence-electron chi connectivity index (χ0n) is 36.9. The van der Waals surface area contributed by atoms with E-state index < -0.39 is 11.7 Å². The molecule has 11 rings (SSSR count). The van der Waals surface area contributed by atoms with Gasteiger partial charge in [-0.3, -0.25) is 0 Å². The molecule has 11 aromatic rings. The molecule has 0 amide bonds. The van der Waals surface area contributed by atoms with Gasteiger partial charge < -0.3 is 9.13 Å². The van der Waals surface area contributed by atoms with Crippen molar-refractivity contribution in [2.75, 3.05) is 0 Å². The van der Waals surface area contributed by atoms with E-state index in [1.807, 2.05) is 113 Å². The lowest BCUT2D eigenvalue weighted by molar-refractivity contribution is -0.137. The minimum absolute atomic E-state index is 0.136. The topological polar surface area (TPSA) is 95.9 Å². The van der Waals surface area contributed by atoms with Gasteiger partial charge in [0.05, 0.1) is 46.6 Å². The lowest BCUT2D eigenvalue weighted by Gasteiger charge is -2.20. The SMILES string of the molecule is [C-]#[N+]c1ccc(-n2c3ccccc3c3cc(-c4nc(C)nc(C)n4)ccc32)c(-c2cc(-c3ccc(C(F)(F)F)cc3[N+]#[C-])ccc2-n2c3ccccc3c3cc(-c4nc(C)nc(C)n4)ccc32)c1. The van der Waals surface area contributed by atoms with Gasteiger partial charge >= 0.3 is 6.18 Å². The van der Waals surface area contributed by atoms with Crippen molar-refractivity contribution >= 4 is 55.0 Å². The van der Waals surface area contributed by atoms with Gasteiger partial charge in [0.2, 0.25) is 0 Å². The van der Waals surface area contributed by atoms with Crippen molar-refractivity contribution in [3.05, 3.63) is 191 Å². The summed E-state index contributed by atoms with van der Waals surface area (Å²) in [7, 11) is 0. The Bertz CT molecular complexity index is 3960. The molecule has 68 heavy (non-hydrogen) atoms. The van der Waals surface area contributed by atoms with Crippen molar-refractivity contribution in [2.24, 2.45) is 0 Å². The molecule has 0 unspecified atom stereocenters. The molecule has 0 aliphatic heterocycles. The van der Waals surface area contributed by atoms with Gasteiger partial charge in [-0.2, -0.15) is 13.2 Å². The maximum Gasteiger partial charge on any atom is 0.415 e. The number of benzene rings is 7. The number of nitrogens with zero attached hydrogens (tertiary/aromatic N) is 10. The Morgan fingerprint density at radius 3 is 1.40 bits per heavy atom. The van der Waals surface area contributed by atoms with E-state index in [0.717, 1.165) is 78.2 Å². The van der Waals surface area contributed by atoms with E-state index in [2.05, 4.69) is 79.1 Å². The van der Waals surface area contributed by atoms with Gasteiger partial charge in [0.1, 0.15) is 23.3 Å². The van der Waals surface area contributed by atoms with E-state index in [4.69, 9.17) is 13.1 Å². The van der Waals surface area contributed by atoms with E-state index in [0.29, 0.717) is 62.9 Å². The van der Waals surface area contributed by atoms with Crippen LogP contribution in [0.3, 0.4) is 0 Å². The van der Waals surface area contributed by atoms with Gasteiger partial charge in [0.25, 0.3) is 0 Å². The molecule has 326 valence electrons. The van der Waals surface area contributed by atoms with E-state index in [1.54, 1.807) is 6.07 Å². The van der Waals surface area contributed by atoms with Crippen molar-refractivity contribution < 1.29 is 13.2 Å². The summed E-state index contributed by atoms with van der Waals surface area (Å²) in [6.45, 7) is 23.6. The van der Waals surface area contributed by atoms with Crippen LogP contribution in [0.1, 0.15) is 28.9 Å². The predicted octanol–water partition coefficient (Wildman–Crippen LogP) is 14.3. The number of hydrogen-bond acceptors (Lipinski definition) is 6. The van der Waals surface area contributed by atoms with Gasteiger partial charge in [-0.25, -0.2) is 39.6 Å². The lowest BCUT2D eigenvalue weighted by Crippen LogP contribution is -2.04. The highest BCUT2D eigenvalue weighted by molar-refractivity contribution is 6.13. The summed E-state index contributed by atoms with van der Waals surface area (Å²) < 4.78 is 46.4. The Morgan fingerprint density at radius 2 is 0.897 bits per heavy atom. The molecule has 0 atom stereocenters. The second-order valence-corrected chi connectivity index (χ2v) is 16.6. The van der Waals surface area contributed by atoms with Crippen LogP contribution in [0.5, 0.6) is 0 Å². The quantitative estimate of drug-likeness (QED) is 0.154. The van der Waals surface area contributed by atoms with Crippen LogP contribution in [0.25, 0.3) is 110 Å². The summed E-state index contributed by atoms with van der Waals surface area (Å²) >= 11 is 0. The minimum atomic E-state index is -4.63. The first-order valence-corrected chi connectivity index (χ1v) is 21.6. The van der Waals surface area contributed by atoms with Gasteiger partial charge in [0.15, 0.2) is 23.0 Å². The third-order valence-corrected chi connectivity index (χ3v) is 12.2. The molecule has 0 bridgehead atoms. The fourth-order valence-corrected chi connectivity index (χ4v) is 9.40. The Labute approximate surface area is 387 Å². The molecule has 0 saturated heterocycles. The average Bonchev–Trinajstić information content (AvgIpc) is 3.84. The van der Waals surface area contributed by atoms with Crippen molar-refractivity contribution in [3.8, 4) is 56.4 Å². The van der Waals surface area contributed by atoms with Crippen molar-refractivity contribution in [3.63, 3.8) is 0 Å². The maximum absolute atomic E-state index is 14.0. The number of alkyl halides is 3. The Morgan fingerprint density at radius 1 is 0.426 bits per heavy atom. The molecule has 7 aromatic carbocycles. The molecule has 0 aliphatic rings. The molecule has 10 nitrogen and oxygen atoms in total. The summed E-state index contributed by atoms with van der Waals surface area (Å²) in [5, 5.41) is 3.85. The molecule has 0 spiro atoms. The van der Waals surface area contributed by atoms with Crippen LogP contribution >= 0.6 is 0 Å². The first-order chi connectivity index (χ1) is 32.9. The number of rotatable bonds is 6. The zero-order chi connectivity index (χ0) is 47.0. The van der Waals surface area contributed by atoms with Crippen molar-refractivity contribution in [1.82, 2.24) is 39.0 Å². The van der Waals surface area contributed by atoms with E-state index in [-0.39, 0.29) is 5.69 Å². The molecule has 0 saturated carbocycles. The molecule has 13 heteroatoms. The third-order valence-electron chi connectivity index (χ3n) is 12.2. The highest BCUT2D eigenvalue weighted by atomic mass is 19.4. The summed E-state index contributed by atoms with van der Waals surface area (Å²) in [5.74, 6) is 3.59. The molecule has 0 radical (unpaired) electrons. The second-order valence-electron chi connectivity index (χ2n) is 16.6. The van der Waals surface area contributed by atoms with Crippen LogP contribution in [0.4, 0.5) is 24.5 Å². The third kappa shape index (κ3) is 6.96. The van der Waals surface area contributed by atoms with E-state index in [1.165, 1.54) is 6.07 Å². The van der Waals surface area contributed by atoms with Gasteiger partial charge in [-0.1, -0.05) is 60.7 Å². The molecule has 0 N–H and O–H groups in total. The van der Waals surface area contributed by atoms with Crippen LogP contribution in [-0.4, -0.2) is 39.0 Å². The molecular formula is C55H35F3N10. The van der Waals surface area contributed by atoms with Crippen molar-refractivity contribution in [1.29, 1.82) is 0 Å². The van der Waals surface area contributed by atoms with E-state index >= 15 is 0 Å². The molecule has 4 aromatic heterocycles. The van der Waals surface area contributed by atoms with Gasteiger partial charge in [-0.05, 0) is 123 Å². The monoisotopic (exact) mass is 892 g/mol. The molecule has 0 fully saturated rings. The Hall–Kier alpha value is -9.07. The van der Waals surface area contributed by atoms with E-state index in [9.17, 15) is 13.2 Å². The minimum Gasteiger partial charge on any atom is -0.309 e. The second kappa shape index (κ2) is 15.8. The maximum atomic E-state index is 14.0. The fourth-order valence-electron chi connectivity index (χ4n) is 9.40. The molecule has 0 aliphatic carbocycles. The summed E-state index contributed by atoms with van der Waals surface area (Å²) in [4.78, 5) is 34.9. The van der Waals surface area contributed by atoms with Crippen LogP contribution in [-0.2, 0) is 6.18 Å². The number of hydrogen-bond donors (Lipinski definition) is 0. The number of fused-ring (bicyclic) bond motifs is 6. The van der Waals surface area contributed by atoms with Gasteiger partial charge in [-0.15, -0.1) is 0 Å². The largest absolute Gasteiger partial charge is 0.415 e. The van der Waals surface area contributed by atoms with Gasteiger partial charge in [0, 0.05) is 43.8 Å². The summed E-state index contributed by atoms with van der Waals surface area (Å²) in [6.07, 6.45) is -4.63. The summed E-state index contributed by atoms with van der Waals surface area (Å²) in [6, 6.07) is 43.0. The van der Waals surface area contributed by atoms with Crippen LogP contribution in [0.2, 0.25) is 0 Å². The number of aryl methyl sites for hydroxylation is 4. The zero-order valence-corrected chi connectivity index (χ0v) is 36.9. The Balaban J connectivity index is 1.22. The van der Waals surface area contributed by atoms with Crippen LogP contribution in [0.15, 0.2) is 140 Å². The smallest absolute Gasteiger partial charge is 0.309 e. The standard InChI is InChI=1S/C55H35F3N10/c1-30-61-31(2)64-53(63-30)35-16-22-49-42(26-35)40-11-7-9-13-47(40)67(49)51-21-15-34(39-20-18-37(55(56,57)58)28-46(39)60-6)25-44(51)45-29-38(59-5)19-24-52(45)68-48-14-10-8-12-41(48)43-27-36(17-23-50(43)68)54-65-32(3)62-33(4)66-54/h7-29H,1-4H3. The average molecular weight is 893 g/mol. The first-order valence-electron chi connectivity index (χ1n) is 21.6. The van der Waals surface area contributed by atoms with Crippen LogP contribution in [0, 0.1) is 40.8 Å². The lowest BCUT2D eigenvalue weighted by atomic mass is 9.94. The van der Waals surface area contributed by atoms with Crippen molar-refractivity contribution in [2.45, 2.75) is 33.9 Å². The number of aromatic nitrogens is 8. The number of halogens is 3. The first kappa shape index (κ1) is 41.6. The highest BCUT2D eigenvalue weighted by Crippen LogP contribution is 2.46. The molecular weight excluding hydrogens is 858 g/mol. The predicted molar refractivity (Wildman–Crippen MR) is 260 cm³/mol.